The zero-order valence-electron chi connectivity index (χ0n) is 14.4. The lowest BCUT2D eigenvalue weighted by Crippen LogP contribution is -2.34. The number of carbonyl (C=O) groups is 1. The number of benzene rings is 1. The Morgan fingerprint density at radius 2 is 2.07 bits per heavy atom. The Morgan fingerprint density at radius 1 is 1.26 bits per heavy atom. The number of pyridine rings is 1. The van der Waals surface area contributed by atoms with Crippen molar-refractivity contribution in [2.24, 2.45) is 0 Å². The molecule has 0 unspecified atom stereocenters. The van der Waals surface area contributed by atoms with E-state index in [2.05, 4.69) is 32.5 Å². The number of carbonyl (C=O) groups excluding carboxylic acids is 1. The number of fused-ring (bicyclic) bond motifs is 1. The van der Waals surface area contributed by atoms with Crippen molar-refractivity contribution in [2.75, 3.05) is 5.32 Å². The number of halogens is 1. The topological polar surface area (TPSA) is 81.8 Å². The average Bonchev–Trinajstić information content (AvgIpc) is 3.16. The van der Waals surface area contributed by atoms with Gasteiger partial charge in [0.25, 0.3) is 0 Å². The van der Waals surface area contributed by atoms with E-state index < -0.39 is 0 Å². The molecular formula is C19H18ClN5OS. The zero-order valence-corrected chi connectivity index (χ0v) is 16.0. The fraction of sp³-hybridized carbons (Fsp3) is 0.105. The van der Waals surface area contributed by atoms with Gasteiger partial charge in [0.2, 0.25) is 5.91 Å². The predicted octanol–water partition coefficient (Wildman–Crippen LogP) is 3.51. The second-order valence-corrected chi connectivity index (χ2v) is 6.57. The van der Waals surface area contributed by atoms with Crippen LogP contribution >= 0.6 is 23.8 Å². The minimum Gasteiger partial charge on any atom is -0.359 e. The molecule has 6 nitrogen and oxygen atoms in total. The highest BCUT2D eigenvalue weighted by molar-refractivity contribution is 7.80. The smallest absolute Gasteiger partial charge is 0.247 e. The Bertz CT molecular complexity index is 1000. The van der Waals surface area contributed by atoms with Crippen molar-refractivity contribution in [3.05, 3.63) is 71.5 Å². The molecule has 4 N–H and O–H groups in total. The third-order valence-electron chi connectivity index (χ3n) is 3.92. The maximum Gasteiger partial charge on any atom is 0.247 e. The van der Waals surface area contributed by atoms with Crippen LogP contribution in [0.4, 0.5) is 5.69 Å². The summed E-state index contributed by atoms with van der Waals surface area (Å²) in [5.74, 6) is -0.312. The van der Waals surface area contributed by atoms with Crippen molar-refractivity contribution in [1.82, 2.24) is 20.6 Å². The molecule has 2 aromatic heterocycles. The zero-order chi connectivity index (χ0) is 19.2. The Kier molecular flexibility index (Phi) is 6.05. The lowest BCUT2D eigenvalue weighted by molar-refractivity contribution is -0.111. The number of hydrogen-bond acceptors (Lipinski definition) is 3. The summed E-state index contributed by atoms with van der Waals surface area (Å²) in [7, 11) is 0. The summed E-state index contributed by atoms with van der Waals surface area (Å²) in [4.78, 5) is 18.8. The third-order valence-corrected chi connectivity index (χ3v) is 4.54. The number of aromatic amines is 1. The van der Waals surface area contributed by atoms with Crippen LogP contribution in [0, 0.1) is 0 Å². The molecule has 0 fully saturated rings. The first-order valence-corrected chi connectivity index (χ1v) is 9.00. The number of nitrogens with zero attached hydrogens (tertiary/aromatic N) is 1. The molecule has 0 saturated carbocycles. The molecule has 0 aliphatic rings. The highest BCUT2D eigenvalue weighted by Crippen LogP contribution is 2.23. The monoisotopic (exact) mass is 399 g/mol. The Labute approximate surface area is 167 Å². The van der Waals surface area contributed by atoms with Gasteiger partial charge >= 0.3 is 0 Å². The van der Waals surface area contributed by atoms with Crippen LogP contribution in [0.2, 0.25) is 5.02 Å². The summed E-state index contributed by atoms with van der Waals surface area (Å²) in [6.45, 7) is 4.51. The van der Waals surface area contributed by atoms with Gasteiger partial charge < -0.3 is 20.9 Å². The van der Waals surface area contributed by atoms with Crippen molar-refractivity contribution in [3.63, 3.8) is 0 Å². The Balaban J connectivity index is 1.56. The molecule has 3 rings (SSSR count). The van der Waals surface area contributed by atoms with Crippen molar-refractivity contribution in [1.29, 1.82) is 0 Å². The Morgan fingerprint density at radius 3 is 2.89 bits per heavy atom. The van der Waals surface area contributed by atoms with Gasteiger partial charge in [-0.2, -0.15) is 0 Å². The number of nitrogens with one attached hydrogen (secondary N) is 4. The molecule has 138 valence electrons. The van der Waals surface area contributed by atoms with Crippen LogP contribution in [0.3, 0.4) is 0 Å². The van der Waals surface area contributed by atoms with Crippen LogP contribution < -0.4 is 16.0 Å². The molecule has 0 saturated heterocycles. The molecule has 2 heterocycles. The van der Waals surface area contributed by atoms with Gasteiger partial charge in [-0.05, 0) is 53.7 Å². The number of rotatable bonds is 6. The third kappa shape index (κ3) is 4.84. The van der Waals surface area contributed by atoms with Crippen molar-refractivity contribution in [3.8, 4) is 0 Å². The minimum atomic E-state index is -0.312. The second-order valence-electron chi connectivity index (χ2n) is 5.75. The van der Waals surface area contributed by atoms with E-state index in [1.54, 1.807) is 18.3 Å². The first-order valence-electron chi connectivity index (χ1n) is 8.21. The van der Waals surface area contributed by atoms with E-state index >= 15 is 0 Å². The lowest BCUT2D eigenvalue weighted by Gasteiger charge is -2.12. The normalized spacial score (nSPS) is 10.4. The van der Waals surface area contributed by atoms with Gasteiger partial charge in [0.1, 0.15) is 5.65 Å². The first kappa shape index (κ1) is 18.9. The Hall–Kier alpha value is -2.90. The van der Waals surface area contributed by atoms with Crippen LogP contribution in [0.15, 0.2) is 55.4 Å². The van der Waals surface area contributed by atoms with Crippen LogP contribution in [-0.2, 0) is 17.9 Å². The highest BCUT2D eigenvalue weighted by Gasteiger charge is 2.06. The quantitative estimate of drug-likeness (QED) is 0.376. The molecule has 0 aliphatic heterocycles. The molecular weight excluding hydrogens is 382 g/mol. The molecule has 8 heteroatoms. The SMILES string of the molecule is C=CC(=O)Nc1cc(CNC(=S)NCc2ccnc3[nH]ccc23)ccc1Cl. The van der Waals surface area contributed by atoms with E-state index in [-0.39, 0.29) is 5.91 Å². The summed E-state index contributed by atoms with van der Waals surface area (Å²) in [5.41, 5.74) is 3.42. The van der Waals surface area contributed by atoms with Gasteiger partial charge in [-0.15, -0.1) is 0 Å². The number of thiocarbonyl (C=S) groups is 1. The molecule has 0 spiro atoms. The fourth-order valence-corrected chi connectivity index (χ4v) is 2.86. The van der Waals surface area contributed by atoms with E-state index in [1.165, 1.54) is 6.08 Å². The van der Waals surface area contributed by atoms with Crippen molar-refractivity contribution >= 4 is 51.6 Å². The summed E-state index contributed by atoms with van der Waals surface area (Å²) in [5, 5.41) is 11.1. The van der Waals surface area contributed by atoms with Crippen LogP contribution in [0.1, 0.15) is 11.1 Å². The maximum atomic E-state index is 11.5. The van der Waals surface area contributed by atoms with Crippen LogP contribution in [0.25, 0.3) is 11.0 Å². The summed E-state index contributed by atoms with van der Waals surface area (Å²) >= 11 is 11.4. The summed E-state index contributed by atoms with van der Waals surface area (Å²) < 4.78 is 0. The first-order chi connectivity index (χ1) is 13.1. The average molecular weight is 400 g/mol. The van der Waals surface area contributed by atoms with Gasteiger partial charge in [0.15, 0.2) is 5.11 Å². The number of amides is 1. The lowest BCUT2D eigenvalue weighted by atomic mass is 10.2. The number of H-pyrrole nitrogens is 1. The van der Waals surface area contributed by atoms with Crippen molar-refractivity contribution < 1.29 is 4.79 Å². The van der Waals surface area contributed by atoms with Gasteiger partial charge in [-0.25, -0.2) is 4.98 Å². The maximum absolute atomic E-state index is 11.5. The largest absolute Gasteiger partial charge is 0.359 e. The van der Waals surface area contributed by atoms with Crippen LogP contribution in [-0.4, -0.2) is 21.0 Å². The summed E-state index contributed by atoms with van der Waals surface area (Å²) in [6, 6.07) is 9.34. The fourth-order valence-electron chi connectivity index (χ4n) is 2.55. The van der Waals surface area contributed by atoms with E-state index in [0.29, 0.717) is 28.9 Å². The molecule has 27 heavy (non-hydrogen) atoms. The van der Waals surface area contributed by atoms with Gasteiger partial charge in [-0.1, -0.05) is 24.2 Å². The molecule has 0 radical (unpaired) electrons. The predicted molar refractivity (Wildman–Crippen MR) is 113 cm³/mol. The molecule has 0 atom stereocenters. The number of anilines is 1. The molecule has 1 aromatic carbocycles. The highest BCUT2D eigenvalue weighted by atomic mass is 35.5. The molecule has 1 amide bonds. The molecule has 0 bridgehead atoms. The second kappa shape index (κ2) is 8.66. The van der Waals surface area contributed by atoms with Crippen molar-refractivity contribution in [2.45, 2.75) is 13.1 Å². The van der Waals surface area contributed by atoms with E-state index in [4.69, 9.17) is 23.8 Å². The number of aromatic nitrogens is 2. The van der Waals surface area contributed by atoms with Gasteiger partial charge in [0.05, 0.1) is 10.7 Å². The number of hydrogen-bond donors (Lipinski definition) is 4. The van der Waals surface area contributed by atoms with Gasteiger partial charge in [-0.3, -0.25) is 4.79 Å². The summed E-state index contributed by atoms with van der Waals surface area (Å²) in [6.07, 6.45) is 4.82. The standard InChI is InChI=1S/C19H18ClN5OS/c1-2-17(26)25-16-9-12(3-4-15(16)20)10-23-19(27)24-11-13-5-7-21-18-14(13)6-8-22-18/h2-9H,1,10-11H2,(H,21,22)(H,25,26)(H2,23,24,27). The van der Waals surface area contributed by atoms with Crippen LogP contribution in [0.5, 0.6) is 0 Å². The minimum absolute atomic E-state index is 0.312. The molecule has 0 aliphatic carbocycles. The van der Waals surface area contributed by atoms with E-state index in [9.17, 15) is 4.79 Å². The van der Waals surface area contributed by atoms with Gasteiger partial charge in [0, 0.05) is 30.9 Å². The van der Waals surface area contributed by atoms with E-state index in [1.807, 2.05) is 24.4 Å². The molecule has 3 aromatic rings. The van der Waals surface area contributed by atoms with E-state index in [0.717, 1.165) is 22.2 Å².